The summed E-state index contributed by atoms with van der Waals surface area (Å²) >= 11 is 0. The van der Waals surface area contributed by atoms with Crippen molar-refractivity contribution in [3.05, 3.63) is 12.2 Å². The molecule has 0 aromatic heterocycles. The molecule has 0 aliphatic rings. The minimum atomic E-state index is -0.769. The van der Waals surface area contributed by atoms with Crippen LogP contribution in [-0.4, -0.2) is 37.2 Å². The maximum atomic E-state index is 12.9. The first kappa shape index (κ1) is 75.2. The van der Waals surface area contributed by atoms with Crippen molar-refractivity contribution in [1.82, 2.24) is 0 Å². The third-order valence-corrected chi connectivity index (χ3v) is 16.3. The number of carbonyl (C=O) groups is 3. The van der Waals surface area contributed by atoms with Crippen LogP contribution in [0.2, 0.25) is 0 Å². The van der Waals surface area contributed by atoms with E-state index in [9.17, 15) is 14.4 Å². The predicted molar refractivity (Wildman–Crippen MR) is 335 cm³/mol. The van der Waals surface area contributed by atoms with E-state index in [-0.39, 0.29) is 31.1 Å². The topological polar surface area (TPSA) is 78.9 Å². The molecule has 0 aromatic carbocycles. The zero-order valence-electron chi connectivity index (χ0n) is 52.5. The van der Waals surface area contributed by atoms with E-state index in [2.05, 4.69) is 32.9 Å². The Morgan fingerprint density at radius 3 is 0.688 bits per heavy atom. The van der Waals surface area contributed by atoms with Crippen molar-refractivity contribution in [2.45, 2.75) is 412 Å². The largest absolute Gasteiger partial charge is 0.462 e. The summed E-state index contributed by atoms with van der Waals surface area (Å²) in [4.78, 5) is 38.3. The van der Waals surface area contributed by atoms with Crippen molar-refractivity contribution in [3.8, 4) is 0 Å². The van der Waals surface area contributed by atoms with Crippen molar-refractivity contribution in [2.24, 2.45) is 0 Å². The molecule has 0 aliphatic carbocycles. The molecule has 1 unspecified atom stereocenters. The van der Waals surface area contributed by atoms with Gasteiger partial charge in [-0.25, -0.2) is 0 Å². The molecule has 0 fully saturated rings. The fourth-order valence-corrected chi connectivity index (χ4v) is 11.0. The van der Waals surface area contributed by atoms with Crippen LogP contribution in [0, 0.1) is 0 Å². The monoisotopic (exact) mass is 1090 g/mol. The molecule has 456 valence electrons. The molecular formula is C71H136O6. The van der Waals surface area contributed by atoms with Crippen molar-refractivity contribution in [1.29, 1.82) is 0 Å². The van der Waals surface area contributed by atoms with E-state index in [1.165, 1.54) is 302 Å². The summed E-state index contributed by atoms with van der Waals surface area (Å²) in [5, 5.41) is 0. The molecule has 0 radical (unpaired) electrons. The molecule has 6 heteroatoms. The van der Waals surface area contributed by atoms with E-state index in [0.29, 0.717) is 19.3 Å². The van der Waals surface area contributed by atoms with Crippen LogP contribution >= 0.6 is 0 Å². The summed E-state index contributed by atoms with van der Waals surface area (Å²) in [5.74, 6) is -0.844. The van der Waals surface area contributed by atoms with Crippen LogP contribution in [0.25, 0.3) is 0 Å². The van der Waals surface area contributed by atoms with E-state index >= 15 is 0 Å². The molecule has 0 rings (SSSR count). The first-order valence-corrected chi connectivity index (χ1v) is 35.2. The fraction of sp³-hybridized carbons (Fsp3) is 0.930. The Balaban J connectivity index is 4.08. The van der Waals surface area contributed by atoms with Gasteiger partial charge in [0, 0.05) is 19.3 Å². The normalized spacial score (nSPS) is 12.0. The minimum Gasteiger partial charge on any atom is -0.462 e. The quantitative estimate of drug-likeness (QED) is 0.0261. The molecule has 77 heavy (non-hydrogen) atoms. The van der Waals surface area contributed by atoms with Gasteiger partial charge in [0.1, 0.15) is 13.2 Å². The summed E-state index contributed by atoms with van der Waals surface area (Å²) in [6.45, 7) is 6.68. The lowest BCUT2D eigenvalue weighted by atomic mass is 10.0. The lowest BCUT2D eigenvalue weighted by Crippen LogP contribution is -2.30. The maximum Gasteiger partial charge on any atom is 0.306 e. The van der Waals surface area contributed by atoms with Crippen LogP contribution in [0.3, 0.4) is 0 Å². The van der Waals surface area contributed by atoms with E-state index in [1.807, 2.05) is 0 Å². The second kappa shape index (κ2) is 66.7. The van der Waals surface area contributed by atoms with E-state index in [4.69, 9.17) is 14.2 Å². The molecule has 0 saturated carbocycles. The number of allylic oxidation sites excluding steroid dienone is 2. The van der Waals surface area contributed by atoms with Crippen LogP contribution < -0.4 is 0 Å². The van der Waals surface area contributed by atoms with Gasteiger partial charge in [-0.3, -0.25) is 14.4 Å². The van der Waals surface area contributed by atoms with Crippen molar-refractivity contribution >= 4 is 17.9 Å². The van der Waals surface area contributed by atoms with E-state index in [0.717, 1.165) is 64.2 Å². The Kier molecular flexibility index (Phi) is 65.1. The van der Waals surface area contributed by atoms with Gasteiger partial charge < -0.3 is 14.2 Å². The number of rotatable bonds is 66. The minimum absolute atomic E-state index is 0.0660. The van der Waals surface area contributed by atoms with Crippen molar-refractivity contribution in [3.63, 3.8) is 0 Å². The highest BCUT2D eigenvalue weighted by Crippen LogP contribution is 2.19. The molecule has 6 nitrogen and oxygen atoms in total. The number of hydrogen-bond acceptors (Lipinski definition) is 6. The standard InChI is InChI=1S/C71H136O6/c1-4-7-10-13-16-19-22-24-26-28-30-31-32-33-34-35-36-37-38-39-40-41-43-44-46-49-52-55-58-61-64-70(73)76-67-68(66-75-69(72)63-60-57-54-51-48-21-18-15-12-9-6-3)77-71(74)65-62-59-56-53-50-47-45-42-29-27-25-23-20-17-14-11-8-5-2/h15,18,68H,4-14,16-17,19-67H2,1-3H3/b18-15-. The summed E-state index contributed by atoms with van der Waals surface area (Å²) in [6.07, 6.45) is 79.8. The molecule has 0 aliphatic heterocycles. The number of hydrogen-bond donors (Lipinski definition) is 0. The molecule has 0 aromatic rings. The Morgan fingerprint density at radius 2 is 0.442 bits per heavy atom. The summed E-state index contributed by atoms with van der Waals surface area (Å²) in [7, 11) is 0. The lowest BCUT2D eigenvalue weighted by Gasteiger charge is -2.18. The van der Waals surface area contributed by atoms with Gasteiger partial charge in [-0.2, -0.15) is 0 Å². The molecule has 0 saturated heterocycles. The number of unbranched alkanes of at least 4 members (excludes halogenated alkanes) is 53. The maximum absolute atomic E-state index is 12.9. The van der Waals surface area contributed by atoms with Crippen LogP contribution in [0.15, 0.2) is 12.2 Å². The number of ether oxygens (including phenoxy) is 3. The van der Waals surface area contributed by atoms with Gasteiger partial charge in [-0.1, -0.05) is 360 Å². The van der Waals surface area contributed by atoms with Gasteiger partial charge in [0.15, 0.2) is 6.10 Å². The Morgan fingerprint density at radius 1 is 0.247 bits per heavy atom. The zero-order chi connectivity index (χ0) is 55.7. The highest BCUT2D eigenvalue weighted by atomic mass is 16.6. The molecule has 0 heterocycles. The van der Waals surface area contributed by atoms with Crippen molar-refractivity contribution in [2.75, 3.05) is 13.2 Å². The van der Waals surface area contributed by atoms with Gasteiger partial charge in [0.25, 0.3) is 0 Å². The van der Waals surface area contributed by atoms with E-state index < -0.39 is 6.10 Å². The average molecular weight is 1090 g/mol. The molecule has 0 bridgehead atoms. The highest BCUT2D eigenvalue weighted by molar-refractivity contribution is 5.71. The van der Waals surface area contributed by atoms with Gasteiger partial charge in [-0.15, -0.1) is 0 Å². The zero-order valence-corrected chi connectivity index (χ0v) is 52.5. The van der Waals surface area contributed by atoms with Gasteiger partial charge in [0.05, 0.1) is 0 Å². The molecule has 0 spiro atoms. The Bertz CT molecular complexity index is 1200. The predicted octanol–water partition coefficient (Wildman–Crippen LogP) is 24.0. The van der Waals surface area contributed by atoms with Crippen LogP contribution in [0.4, 0.5) is 0 Å². The summed E-state index contributed by atoms with van der Waals surface area (Å²) in [5.41, 5.74) is 0. The fourth-order valence-electron chi connectivity index (χ4n) is 11.0. The van der Waals surface area contributed by atoms with Gasteiger partial charge in [-0.05, 0) is 38.5 Å². The van der Waals surface area contributed by atoms with Gasteiger partial charge >= 0.3 is 17.9 Å². The first-order chi connectivity index (χ1) is 38.0. The number of esters is 3. The average Bonchev–Trinajstić information content (AvgIpc) is 3.43. The van der Waals surface area contributed by atoms with Crippen LogP contribution in [0.1, 0.15) is 406 Å². The first-order valence-electron chi connectivity index (χ1n) is 35.2. The van der Waals surface area contributed by atoms with Crippen LogP contribution in [-0.2, 0) is 28.6 Å². The lowest BCUT2D eigenvalue weighted by molar-refractivity contribution is -0.167. The highest BCUT2D eigenvalue weighted by Gasteiger charge is 2.19. The molecule has 0 N–H and O–H groups in total. The Labute approximate surface area is 481 Å². The molecular weight excluding hydrogens is 949 g/mol. The SMILES string of the molecule is CCCC/C=C\CCCCCCCC(=O)OCC(COC(=O)CCCCCCCCCCCCCCCCCCCCCCCCCCCCCCCC)OC(=O)CCCCCCCCCCCCCCCCCCCC. The second-order valence-corrected chi connectivity index (χ2v) is 24.2. The molecule has 0 amide bonds. The summed E-state index contributed by atoms with van der Waals surface area (Å²) < 4.78 is 16.9. The molecule has 1 atom stereocenters. The number of carbonyl (C=O) groups excluding carboxylic acids is 3. The second-order valence-electron chi connectivity index (χ2n) is 24.2. The third-order valence-electron chi connectivity index (χ3n) is 16.3. The van der Waals surface area contributed by atoms with Crippen LogP contribution in [0.5, 0.6) is 0 Å². The third kappa shape index (κ3) is 64.9. The summed E-state index contributed by atoms with van der Waals surface area (Å²) in [6, 6.07) is 0. The Hall–Kier alpha value is -1.85. The van der Waals surface area contributed by atoms with E-state index in [1.54, 1.807) is 0 Å². The smallest absolute Gasteiger partial charge is 0.306 e. The van der Waals surface area contributed by atoms with Gasteiger partial charge in [0.2, 0.25) is 0 Å². The van der Waals surface area contributed by atoms with Crippen molar-refractivity contribution < 1.29 is 28.6 Å².